The molecule has 15 nitrogen and oxygen atoms in total. The summed E-state index contributed by atoms with van der Waals surface area (Å²) < 4.78 is 29.1. The highest BCUT2D eigenvalue weighted by Crippen LogP contribution is 2.64. The average molecular weight is 774 g/mol. The van der Waals surface area contributed by atoms with E-state index in [1.54, 1.807) is 59.7 Å². The van der Waals surface area contributed by atoms with E-state index in [-0.39, 0.29) is 36.3 Å². The number of ketones is 1. The number of hydrogen-bond donors (Lipinski definition) is 5. The zero-order chi connectivity index (χ0) is 41.1. The van der Waals surface area contributed by atoms with Gasteiger partial charge < -0.3 is 49.4 Å². The first kappa shape index (κ1) is 42.3. The van der Waals surface area contributed by atoms with Gasteiger partial charge in [0.05, 0.1) is 42.3 Å². The number of rotatable bonds is 9. The first-order chi connectivity index (χ1) is 25.5. The number of carbonyl (C=O) groups is 5. The molecule has 1 aromatic carbocycles. The minimum absolute atomic E-state index is 0.0478. The molecule has 2 saturated carbocycles. The van der Waals surface area contributed by atoms with Gasteiger partial charge >= 0.3 is 24.0 Å². The van der Waals surface area contributed by atoms with E-state index in [0.29, 0.717) is 6.42 Å². The number of alkyl carbamates (subject to hydrolysis) is 1. The van der Waals surface area contributed by atoms with E-state index in [2.05, 4.69) is 5.32 Å². The summed E-state index contributed by atoms with van der Waals surface area (Å²) >= 11 is 0. The molecule has 3 aliphatic carbocycles. The Kier molecular flexibility index (Phi) is 11.4. The van der Waals surface area contributed by atoms with E-state index in [0.717, 1.165) is 6.92 Å². The molecule has 0 aromatic heterocycles. The molecule has 304 valence electrons. The van der Waals surface area contributed by atoms with Crippen LogP contribution in [-0.4, -0.2) is 117 Å². The van der Waals surface area contributed by atoms with Crippen LogP contribution in [0.25, 0.3) is 0 Å². The maximum absolute atomic E-state index is 14.9. The van der Waals surface area contributed by atoms with Gasteiger partial charge in [-0.25, -0.2) is 14.4 Å². The lowest BCUT2D eigenvalue weighted by atomic mass is 9.44. The summed E-state index contributed by atoms with van der Waals surface area (Å²) in [6.45, 7) is 13.8. The number of carbonyl (C=O) groups excluding carboxylic acids is 5. The van der Waals surface area contributed by atoms with Crippen LogP contribution < -0.4 is 5.32 Å². The van der Waals surface area contributed by atoms with Crippen LogP contribution in [0.1, 0.15) is 91.9 Å². The fourth-order valence-electron chi connectivity index (χ4n) is 9.25. The lowest BCUT2D eigenvalue weighted by Gasteiger charge is -2.67. The number of amides is 1. The van der Waals surface area contributed by atoms with E-state index in [1.165, 1.54) is 26.0 Å². The molecular formula is C40H55NO14. The molecule has 15 heteroatoms. The van der Waals surface area contributed by atoms with E-state index in [4.69, 9.17) is 23.7 Å². The smallest absolute Gasteiger partial charge is 0.407 e. The Morgan fingerprint density at radius 2 is 1.69 bits per heavy atom. The van der Waals surface area contributed by atoms with Crippen molar-refractivity contribution in [2.75, 3.05) is 13.2 Å². The highest BCUT2D eigenvalue weighted by molar-refractivity contribution is 5.94. The van der Waals surface area contributed by atoms with Crippen molar-refractivity contribution in [2.24, 2.45) is 22.2 Å². The Hall–Kier alpha value is -3.89. The molecule has 1 saturated heterocycles. The van der Waals surface area contributed by atoms with E-state index < -0.39 is 112 Å². The van der Waals surface area contributed by atoms with Crippen molar-refractivity contribution in [3.05, 3.63) is 47.0 Å². The van der Waals surface area contributed by atoms with Crippen molar-refractivity contribution in [3.8, 4) is 0 Å². The minimum atomic E-state index is -2.33. The summed E-state index contributed by atoms with van der Waals surface area (Å²) in [6.07, 6.45) is -10.6. The number of esters is 3. The lowest BCUT2D eigenvalue weighted by molar-refractivity contribution is -0.346. The van der Waals surface area contributed by atoms with Crippen LogP contribution in [0.4, 0.5) is 4.79 Å². The molecule has 3 fully saturated rings. The number of hydrogen-bond acceptors (Lipinski definition) is 14. The molecule has 55 heavy (non-hydrogen) atoms. The van der Waals surface area contributed by atoms with Gasteiger partial charge in [-0.2, -0.15) is 0 Å². The third-order valence-electron chi connectivity index (χ3n) is 12.4. The monoisotopic (exact) mass is 773 g/mol. The first-order valence-corrected chi connectivity index (χ1v) is 18.7. The molecule has 1 amide bonds. The van der Waals surface area contributed by atoms with Gasteiger partial charge in [-0.15, -0.1) is 0 Å². The number of Topliss-reactive ketones (excluding diaryl/α,β-unsaturated/α-hetero) is 1. The van der Waals surface area contributed by atoms with Gasteiger partial charge in [-0.1, -0.05) is 59.7 Å². The molecule has 5 N–H and O–H groups in total. The zero-order valence-electron chi connectivity index (χ0n) is 32.9. The molecule has 1 aromatic rings. The fraction of sp³-hybridized carbons (Fsp3) is 0.675. The van der Waals surface area contributed by atoms with Crippen molar-refractivity contribution in [1.29, 1.82) is 0 Å². The molecular weight excluding hydrogens is 718 g/mol. The third-order valence-corrected chi connectivity index (χ3v) is 12.4. The normalized spacial score (nSPS) is 35.0. The van der Waals surface area contributed by atoms with Gasteiger partial charge in [0, 0.05) is 25.2 Å². The molecule has 1 aliphatic heterocycles. The second kappa shape index (κ2) is 14.9. The molecule has 2 bridgehead atoms. The second-order valence-corrected chi connectivity index (χ2v) is 17.2. The quantitative estimate of drug-likeness (QED) is 0.138. The van der Waals surface area contributed by atoms with E-state index >= 15 is 0 Å². The topological polar surface area (TPSA) is 224 Å². The molecule has 0 spiro atoms. The first-order valence-electron chi connectivity index (χ1n) is 18.7. The third kappa shape index (κ3) is 6.96. The number of fused-ring (bicyclic) bond motifs is 5. The number of aliphatic hydroxyl groups excluding tert-OH is 3. The highest BCUT2D eigenvalue weighted by Gasteiger charge is 2.78. The summed E-state index contributed by atoms with van der Waals surface area (Å²) in [5.74, 6) is -5.27. The molecule has 0 radical (unpaired) electrons. The SMILES string of the molecule is CCCOC(=O)N[C@H]([C@@H](O)C(=O)O[C@H]1C[C@@]2(O)[C@@H](OC(=O)c3ccccc3)[C@@H]3[C@]4(OC(C)=O)CO[C@@H]4C[C@H](O)[C@@]3(C)C(=O)[C@H](O)C(=C1C)C2(C)C)C(C)(C)C. The number of ether oxygens (including phenoxy) is 5. The standard InChI is InChI=1S/C40H55NO14/c1-10-16-51-35(49)41-30(36(4,5)6)28(45)34(48)53-23-18-40(50)32(54-33(47)22-14-12-11-13-15-22)29-38(9,31(46)27(44)26(20(23)2)37(40,7)8)24(43)17-25-39(29,19-52-25)55-21(3)42/h11-15,23-25,27-30,32,43-45,50H,10,16-19H2,1-9H3,(H,41,49)/t23-,24-,25+,27+,28+,29-,30+,32-,38+,39-,40+/m0/s1. The second-order valence-electron chi connectivity index (χ2n) is 17.2. The molecule has 11 atom stereocenters. The van der Waals surface area contributed by atoms with Crippen LogP contribution in [0.2, 0.25) is 0 Å². The van der Waals surface area contributed by atoms with Crippen molar-refractivity contribution in [3.63, 3.8) is 0 Å². The van der Waals surface area contributed by atoms with Gasteiger partial charge in [0.25, 0.3) is 0 Å². The summed E-state index contributed by atoms with van der Waals surface area (Å²) in [4.78, 5) is 68.1. The van der Waals surface area contributed by atoms with Crippen LogP contribution in [-0.2, 0) is 38.1 Å². The minimum Gasteiger partial charge on any atom is -0.456 e. The average Bonchev–Trinajstić information content (AvgIpc) is 3.10. The summed E-state index contributed by atoms with van der Waals surface area (Å²) in [5.41, 5.74) is -8.33. The summed E-state index contributed by atoms with van der Waals surface area (Å²) in [7, 11) is 0. The predicted molar refractivity (Wildman–Crippen MR) is 193 cm³/mol. The number of benzene rings is 1. The maximum atomic E-state index is 14.9. The molecule has 1 heterocycles. The van der Waals surface area contributed by atoms with Crippen LogP contribution in [0.3, 0.4) is 0 Å². The fourth-order valence-corrected chi connectivity index (χ4v) is 9.25. The van der Waals surface area contributed by atoms with Gasteiger partial charge in [-0.3, -0.25) is 9.59 Å². The molecule has 0 unspecified atom stereocenters. The van der Waals surface area contributed by atoms with Crippen molar-refractivity contribution < 1.29 is 68.1 Å². The summed E-state index contributed by atoms with van der Waals surface area (Å²) in [6, 6.07) is 6.66. The van der Waals surface area contributed by atoms with Crippen LogP contribution in [0, 0.1) is 22.2 Å². The lowest BCUT2D eigenvalue weighted by Crippen LogP contribution is -2.81. The Bertz CT molecular complexity index is 1720. The van der Waals surface area contributed by atoms with Crippen molar-refractivity contribution >= 4 is 29.8 Å². The Morgan fingerprint density at radius 1 is 1.05 bits per heavy atom. The molecule has 4 aliphatic rings. The van der Waals surface area contributed by atoms with Gasteiger partial charge in [0.15, 0.2) is 17.5 Å². The largest absolute Gasteiger partial charge is 0.456 e. The van der Waals surface area contributed by atoms with Crippen molar-refractivity contribution in [1.82, 2.24) is 5.32 Å². The number of nitrogens with one attached hydrogen (secondary N) is 1. The van der Waals surface area contributed by atoms with Crippen LogP contribution in [0.15, 0.2) is 41.5 Å². The van der Waals surface area contributed by atoms with Gasteiger partial charge in [0.2, 0.25) is 0 Å². The van der Waals surface area contributed by atoms with Crippen LogP contribution >= 0.6 is 0 Å². The van der Waals surface area contributed by atoms with Gasteiger partial charge in [0.1, 0.15) is 30.0 Å². The maximum Gasteiger partial charge on any atom is 0.407 e. The van der Waals surface area contributed by atoms with E-state index in [1.807, 2.05) is 0 Å². The van der Waals surface area contributed by atoms with Gasteiger partial charge in [-0.05, 0) is 49.0 Å². The van der Waals surface area contributed by atoms with Crippen LogP contribution in [0.5, 0.6) is 0 Å². The Morgan fingerprint density at radius 3 is 2.24 bits per heavy atom. The molecule has 5 rings (SSSR count). The Labute approximate surface area is 320 Å². The Balaban J connectivity index is 1.68. The predicted octanol–water partition coefficient (Wildman–Crippen LogP) is 2.54. The zero-order valence-corrected chi connectivity index (χ0v) is 32.9. The number of aliphatic hydroxyl groups is 4. The summed E-state index contributed by atoms with van der Waals surface area (Å²) in [5, 5.41) is 51.2. The van der Waals surface area contributed by atoms with Crippen molar-refractivity contribution in [2.45, 2.75) is 135 Å². The highest BCUT2D eigenvalue weighted by atomic mass is 16.6. The van der Waals surface area contributed by atoms with E-state index in [9.17, 15) is 44.4 Å².